The van der Waals surface area contributed by atoms with Gasteiger partial charge in [0.15, 0.2) is 11.6 Å². The van der Waals surface area contributed by atoms with E-state index in [1.165, 1.54) is 18.4 Å². The number of carbonyl (C=O) groups is 2. The Bertz CT molecular complexity index is 524. The van der Waals surface area contributed by atoms with Crippen LogP contribution in [0.2, 0.25) is 0 Å². The second-order valence-electron chi connectivity index (χ2n) is 7.01. The lowest BCUT2D eigenvalue weighted by Crippen LogP contribution is -2.56. The summed E-state index contributed by atoms with van der Waals surface area (Å²) >= 11 is 0. The molecular weight excluding hydrogens is 248 g/mol. The summed E-state index contributed by atoms with van der Waals surface area (Å²) in [5, 5.41) is 0. The third kappa shape index (κ3) is 1.63. The molecule has 1 fully saturated rings. The van der Waals surface area contributed by atoms with Gasteiger partial charge in [-0.1, -0.05) is 31.9 Å². The van der Waals surface area contributed by atoms with Gasteiger partial charge in [-0.25, -0.2) is 0 Å². The van der Waals surface area contributed by atoms with Gasteiger partial charge in [-0.2, -0.15) is 0 Å². The van der Waals surface area contributed by atoms with Crippen molar-refractivity contribution in [3.63, 3.8) is 0 Å². The molecule has 0 bridgehead atoms. The molecule has 2 nitrogen and oxygen atoms in total. The maximum atomic E-state index is 12.9. The average Bonchev–Trinajstić information content (AvgIpc) is 2.43. The SMILES string of the molecule is CC1=CC(=O)[C@]2(C(C)C)[C@@H](CC=C3CCCC[C@@H]32)C1=O. The largest absolute Gasteiger partial charge is 0.294 e. The number of carbonyl (C=O) groups excluding carboxylic acids is 2. The van der Waals surface area contributed by atoms with Gasteiger partial charge >= 0.3 is 0 Å². The van der Waals surface area contributed by atoms with Crippen LogP contribution < -0.4 is 0 Å². The molecule has 3 atom stereocenters. The number of rotatable bonds is 1. The van der Waals surface area contributed by atoms with Crippen molar-refractivity contribution in [2.75, 3.05) is 0 Å². The quantitative estimate of drug-likeness (QED) is 0.679. The van der Waals surface area contributed by atoms with Crippen LogP contribution in [-0.2, 0) is 9.59 Å². The fourth-order valence-corrected chi connectivity index (χ4v) is 4.96. The Kier molecular flexibility index (Phi) is 3.23. The summed E-state index contributed by atoms with van der Waals surface area (Å²) in [7, 11) is 0. The van der Waals surface area contributed by atoms with Gasteiger partial charge in [0.1, 0.15) is 0 Å². The molecule has 0 saturated heterocycles. The average molecular weight is 272 g/mol. The highest BCUT2D eigenvalue weighted by Crippen LogP contribution is 2.57. The molecule has 20 heavy (non-hydrogen) atoms. The van der Waals surface area contributed by atoms with Crippen LogP contribution in [0.3, 0.4) is 0 Å². The monoisotopic (exact) mass is 272 g/mol. The minimum absolute atomic E-state index is 0.119. The van der Waals surface area contributed by atoms with Crippen LogP contribution in [0.1, 0.15) is 52.9 Å². The number of hydrogen-bond acceptors (Lipinski definition) is 2. The second kappa shape index (κ2) is 4.68. The maximum Gasteiger partial charge on any atom is 0.163 e. The van der Waals surface area contributed by atoms with Crippen LogP contribution >= 0.6 is 0 Å². The summed E-state index contributed by atoms with van der Waals surface area (Å²) in [4.78, 5) is 25.6. The van der Waals surface area contributed by atoms with E-state index in [9.17, 15) is 9.59 Å². The van der Waals surface area contributed by atoms with Crippen LogP contribution in [0, 0.1) is 23.2 Å². The third-order valence-electron chi connectivity index (χ3n) is 5.86. The van der Waals surface area contributed by atoms with E-state index >= 15 is 0 Å². The Balaban J connectivity index is 2.18. The molecule has 3 aliphatic rings. The predicted molar refractivity (Wildman–Crippen MR) is 79.2 cm³/mol. The molecule has 0 amide bonds. The lowest BCUT2D eigenvalue weighted by atomic mass is 9.48. The molecular formula is C18H24O2. The van der Waals surface area contributed by atoms with Gasteiger partial charge in [0.25, 0.3) is 0 Å². The molecule has 0 aliphatic heterocycles. The summed E-state index contributed by atoms with van der Waals surface area (Å²) < 4.78 is 0. The zero-order valence-corrected chi connectivity index (χ0v) is 12.7. The van der Waals surface area contributed by atoms with E-state index in [1.807, 2.05) is 0 Å². The Hall–Kier alpha value is -1.18. The van der Waals surface area contributed by atoms with Crippen molar-refractivity contribution in [2.45, 2.75) is 52.9 Å². The van der Waals surface area contributed by atoms with Crippen LogP contribution in [0.4, 0.5) is 0 Å². The minimum Gasteiger partial charge on any atom is -0.294 e. The van der Waals surface area contributed by atoms with Gasteiger partial charge in [0.05, 0.1) is 5.41 Å². The molecule has 0 aromatic heterocycles. The highest BCUT2D eigenvalue weighted by atomic mass is 16.1. The van der Waals surface area contributed by atoms with Crippen molar-refractivity contribution in [1.29, 1.82) is 0 Å². The van der Waals surface area contributed by atoms with E-state index in [0.717, 1.165) is 19.3 Å². The zero-order chi connectivity index (χ0) is 14.5. The van der Waals surface area contributed by atoms with E-state index in [0.29, 0.717) is 11.5 Å². The lowest BCUT2D eigenvalue weighted by Gasteiger charge is -2.53. The van der Waals surface area contributed by atoms with E-state index in [-0.39, 0.29) is 23.4 Å². The Morgan fingerprint density at radius 3 is 2.65 bits per heavy atom. The first-order valence-electron chi connectivity index (χ1n) is 7.95. The third-order valence-corrected chi connectivity index (χ3v) is 5.86. The molecule has 1 saturated carbocycles. The highest BCUT2D eigenvalue weighted by Gasteiger charge is 2.58. The van der Waals surface area contributed by atoms with Gasteiger partial charge < -0.3 is 0 Å². The van der Waals surface area contributed by atoms with Crippen LogP contribution in [0.25, 0.3) is 0 Å². The summed E-state index contributed by atoms with van der Waals surface area (Å²) in [6.07, 6.45) is 9.29. The predicted octanol–water partition coefficient (Wildman–Crippen LogP) is 3.86. The van der Waals surface area contributed by atoms with Gasteiger partial charge in [-0.3, -0.25) is 9.59 Å². The highest BCUT2D eigenvalue weighted by molar-refractivity contribution is 6.12. The van der Waals surface area contributed by atoms with Crippen molar-refractivity contribution < 1.29 is 9.59 Å². The van der Waals surface area contributed by atoms with Crippen LogP contribution in [0.5, 0.6) is 0 Å². The van der Waals surface area contributed by atoms with Gasteiger partial charge in [0, 0.05) is 5.92 Å². The summed E-state index contributed by atoms with van der Waals surface area (Å²) in [5.74, 6) is 0.828. The molecule has 3 rings (SSSR count). The van der Waals surface area contributed by atoms with E-state index in [1.54, 1.807) is 13.0 Å². The van der Waals surface area contributed by atoms with Crippen molar-refractivity contribution >= 4 is 11.6 Å². The van der Waals surface area contributed by atoms with Crippen LogP contribution in [0.15, 0.2) is 23.3 Å². The van der Waals surface area contributed by atoms with Crippen molar-refractivity contribution in [1.82, 2.24) is 0 Å². The molecule has 0 radical (unpaired) electrons. The van der Waals surface area contributed by atoms with Crippen molar-refractivity contribution in [3.8, 4) is 0 Å². The number of ketones is 2. The standard InChI is InChI=1S/C18H24O2/c1-11(2)18-14-7-5-4-6-13(14)8-9-15(18)17(20)12(3)10-16(18)19/h8,10-11,14-15H,4-7,9H2,1-3H3/t14-,15-,18-/m0/s1. The normalized spacial score (nSPS) is 37.2. The molecule has 0 aromatic rings. The first-order chi connectivity index (χ1) is 9.49. The number of Topliss-reactive ketones (excluding diaryl/α,β-unsaturated/α-hetero) is 1. The molecule has 0 N–H and O–H groups in total. The molecule has 0 spiro atoms. The summed E-state index contributed by atoms with van der Waals surface area (Å²) in [5.41, 5.74) is 1.65. The van der Waals surface area contributed by atoms with E-state index in [2.05, 4.69) is 19.9 Å². The van der Waals surface area contributed by atoms with Gasteiger partial charge in [0.2, 0.25) is 0 Å². The first kappa shape index (κ1) is 13.8. The molecule has 2 heteroatoms. The van der Waals surface area contributed by atoms with Crippen molar-refractivity contribution in [3.05, 3.63) is 23.3 Å². The number of hydrogen-bond donors (Lipinski definition) is 0. The molecule has 0 unspecified atom stereocenters. The van der Waals surface area contributed by atoms with E-state index in [4.69, 9.17) is 0 Å². The molecule has 0 heterocycles. The Labute approximate surface area is 121 Å². The fourth-order valence-electron chi connectivity index (χ4n) is 4.96. The van der Waals surface area contributed by atoms with Gasteiger partial charge in [-0.15, -0.1) is 0 Å². The Morgan fingerprint density at radius 2 is 1.95 bits per heavy atom. The van der Waals surface area contributed by atoms with E-state index < -0.39 is 5.41 Å². The van der Waals surface area contributed by atoms with Gasteiger partial charge in [-0.05, 0) is 56.1 Å². The number of fused-ring (bicyclic) bond motifs is 3. The Morgan fingerprint density at radius 1 is 1.20 bits per heavy atom. The lowest BCUT2D eigenvalue weighted by molar-refractivity contribution is -0.146. The molecule has 3 aliphatic carbocycles. The molecule has 0 aromatic carbocycles. The first-order valence-corrected chi connectivity index (χ1v) is 7.95. The second-order valence-corrected chi connectivity index (χ2v) is 7.01. The summed E-state index contributed by atoms with van der Waals surface area (Å²) in [6, 6.07) is 0. The zero-order valence-electron chi connectivity index (χ0n) is 12.7. The molecule has 108 valence electrons. The smallest absolute Gasteiger partial charge is 0.163 e. The van der Waals surface area contributed by atoms with Crippen LogP contribution in [-0.4, -0.2) is 11.6 Å². The fraction of sp³-hybridized carbons (Fsp3) is 0.667. The topological polar surface area (TPSA) is 34.1 Å². The maximum absolute atomic E-state index is 12.9. The number of allylic oxidation sites excluding steroid dienone is 4. The summed E-state index contributed by atoms with van der Waals surface area (Å²) in [6.45, 7) is 6.05. The van der Waals surface area contributed by atoms with Crippen molar-refractivity contribution in [2.24, 2.45) is 23.2 Å². The minimum atomic E-state index is -0.457.